The van der Waals surface area contributed by atoms with Crippen molar-refractivity contribution in [3.63, 3.8) is 0 Å². The number of rotatable bonds is 29. The number of unbranched alkanes of at least 4 members (excludes halogenated alkanes) is 14. The molecule has 2 heterocycles. The van der Waals surface area contributed by atoms with Crippen LogP contribution in [-0.4, -0.2) is 86.7 Å². The minimum atomic E-state index is -1.10. The van der Waals surface area contributed by atoms with E-state index in [9.17, 15) is 24.3 Å². The van der Waals surface area contributed by atoms with Crippen molar-refractivity contribution >= 4 is 52.4 Å². The highest BCUT2D eigenvalue weighted by atomic mass is 16.5. The molecule has 2 aromatic heterocycles. The molecule has 0 aliphatic carbocycles. The summed E-state index contributed by atoms with van der Waals surface area (Å²) in [4.78, 5) is 68.1. The summed E-state index contributed by atoms with van der Waals surface area (Å²) in [5, 5.41) is 23.3. The number of nitrogens with one attached hydrogen (secondary N) is 2. The average Bonchev–Trinajstić information content (AvgIpc) is 3.18. The zero-order valence-corrected chi connectivity index (χ0v) is 32.8. The molecule has 3 aromatic rings. The topological polar surface area (TPSA) is 249 Å². The molecule has 3 rings (SSSR count). The first-order valence-corrected chi connectivity index (χ1v) is 20.0. The van der Waals surface area contributed by atoms with Gasteiger partial charge in [0, 0.05) is 37.7 Å². The Kier molecular flexibility index (Phi) is 20.9. The molecule has 56 heavy (non-hydrogen) atoms. The maximum atomic E-state index is 13.1. The quantitative estimate of drug-likeness (QED) is 0.0398. The second-order valence-corrected chi connectivity index (χ2v) is 14.2. The fraction of sp³-hybridized carbons (Fsp3) is 0.600. The van der Waals surface area contributed by atoms with E-state index in [2.05, 4.69) is 30.6 Å². The van der Waals surface area contributed by atoms with Crippen molar-refractivity contribution in [2.24, 2.45) is 0 Å². The third kappa shape index (κ3) is 17.6. The highest BCUT2D eigenvalue weighted by molar-refractivity contribution is 5.98. The summed E-state index contributed by atoms with van der Waals surface area (Å²) in [6, 6.07) is 5.56. The first-order chi connectivity index (χ1) is 27.1. The van der Waals surface area contributed by atoms with Crippen molar-refractivity contribution in [1.29, 1.82) is 0 Å². The molecule has 8 N–H and O–H groups in total. The van der Waals surface area contributed by atoms with E-state index in [0.29, 0.717) is 36.4 Å². The second-order valence-electron chi connectivity index (χ2n) is 14.2. The maximum Gasteiger partial charge on any atom is 0.305 e. The van der Waals surface area contributed by atoms with E-state index in [0.717, 1.165) is 37.8 Å². The first-order valence-electron chi connectivity index (χ1n) is 20.0. The fourth-order valence-corrected chi connectivity index (χ4v) is 6.25. The first kappa shape index (κ1) is 45.3. The maximum absolute atomic E-state index is 13.1. The van der Waals surface area contributed by atoms with Gasteiger partial charge in [0.05, 0.1) is 25.0 Å². The lowest BCUT2D eigenvalue weighted by Crippen LogP contribution is -2.47. The summed E-state index contributed by atoms with van der Waals surface area (Å²) < 4.78 is 5.27. The van der Waals surface area contributed by atoms with Crippen LogP contribution in [-0.2, 0) is 25.7 Å². The molecule has 308 valence electrons. The number of aliphatic hydroxyl groups excluding tert-OH is 1. The van der Waals surface area contributed by atoms with Crippen LogP contribution in [0.4, 0.5) is 17.5 Å². The molecule has 0 saturated heterocycles. The zero-order chi connectivity index (χ0) is 40.5. The molecule has 16 nitrogen and oxygen atoms in total. The standard InChI is InChI=1S/C40H61N9O7/c1-49(28-30-27-44-37-35(45-30)36(41)47-40(42)48-37)31-20-18-29(19-21-31)38(54)46-32(22-23-33(51)52)39(55)43-24-26-56-34(53)17-15-13-11-9-7-5-3-2-4-6-8-10-12-14-16-25-50/h18-21,27,32,50H,2-17,22-26,28H2,1H3,(H,43,55)(H,46,54)(H,51,52)(H4,41,42,44,47,48)/t32-/m0/s1. The van der Waals surface area contributed by atoms with Crippen LogP contribution in [0.2, 0.25) is 0 Å². The number of anilines is 3. The van der Waals surface area contributed by atoms with Gasteiger partial charge in [-0.2, -0.15) is 9.97 Å². The molecule has 0 saturated carbocycles. The number of nitrogens with zero attached hydrogens (tertiary/aromatic N) is 5. The number of benzene rings is 1. The Bertz CT molecular complexity index is 1660. The molecule has 0 unspecified atom stereocenters. The van der Waals surface area contributed by atoms with Crippen LogP contribution in [0.25, 0.3) is 11.2 Å². The van der Waals surface area contributed by atoms with Crippen LogP contribution in [0.3, 0.4) is 0 Å². The molecule has 0 bridgehead atoms. The minimum Gasteiger partial charge on any atom is -0.481 e. The number of hydrogen-bond donors (Lipinski definition) is 6. The number of aromatic nitrogens is 4. The van der Waals surface area contributed by atoms with E-state index in [-0.39, 0.29) is 49.3 Å². The normalized spacial score (nSPS) is 11.6. The number of fused-ring (bicyclic) bond motifs is 1. The van der Waals surface area contributed by atoms with Crippen molar-refractivity contribution in [1.82, 2.24) is 30.6 Å². The van der Waals surface area contributed by atoms with Crippen LogP contribution in [0, 0.1) is 0 Å². The number of carboxylic acid groups (broad SMARTS) is 1. The molecule has 0 radical (unpaired) electrons. The van der Waals surface area contributed by atoms with Gasteiger partial charge in [-0.1, -0.05) is 83.5 Å². The van der Waals surface area contributed by atoms with E-state index in [1.54, 1.807) is 30.5 Å². The number of hydrogen-bond acceptors (Lipinski definition) is 13. The number of nitrogens with two attached hydrogens (primary N) is 2. The third-order valence-corrected chi connectivity index (χ3v) is 9.44. The van der Waals surface area contributed by atoms with Gasteiger partial charge < -0.3 is 42.0 Å². The van der Waals surface area contributed by atoms with Gasteiger partial charge in [0.2, 0.25) is 11.9 Å². The Hall–Kier alpha value is -5.12. The molecule has 1 aromatic carbocycles. The molecular weight excluding hydrogens is 718 g/mol. The van der Waals surface area contributed by atoms with E-state index < -0.39 is 23.8 Å². The minimum absolute atomic E-state index is 0.0118. The largest absolute Gasteiger partial charge is 0.481 e. The Morgan fingerprint density at radius 1 is 0.804 bits per heavy atom. The van der Waals surface area contributed by atoms with Crippen LogP contribution in [0.5, 0.6) is 0 Å². The summed E-state index contributed by atoms with van der Waals surface area (Å²) >= 11 is 0. The number of carbonyl (C=O) groups excluding carboxylic acids is 3. The zero-order valence-electron chi connectivity index (χ0n) is 32.8. The number of aliphatic carboxylic acids is 1. The molecule has 1 atom stereocenters. The van der Waals surface area contributed by atoms with Gasteiger partial charge >= 0.3 is 11.9 Å². The molecule has 0 aliphatic rings. The van der Waals surface area contributed by atoms with Crippen molar-refractivity contribution in [3.05, 3.63) is 41.7 Å². The van der Waals surface area contributed by atoms with E-state index in [1.807, 2.05) is 11.9 Å². The molecule has 16 heteroatoms. The Morgan fingerprint density at radius 3 is 1.98 bits per heavy atom. The van der Waals surface area contributed by atoms with Crippen LogP contribution < -0.4 is 27.0 Å². The predicted molar refractivity (Wildman–Crippen MR) is 216 cm³/mol. The van der Waals surface area contributed by atoms with Crippen molar-refractivity contribution < 1.29 is 34.1 Å². The van der Waals surface area contributed by atoms with Gasteiger partial charge in [0.15, 0.2) is 17.0 Å². The Morgan fingerprint density at radius 2 is 1.39 bits per heavy atom. The van der Waals surface area contributed by atoms with Gasteiger partial charge in [0.1, 0.15) is 12.6 Å². The van der Waals surface area contributed by atoms with Crippen molar-refractivity contribution in [2.45, 2.75) is 128 Å². The number of ether oxygens (including phenoxy) is 1. The van der Waals surface area contributed by atoms with Crippen LogP contribution in [0.1, 0.15) is 132 Å². The summed E-state index contributed by atoms with van der Waals surface area (Å²) in [7, 11) is 1.84. The van der Waals surface area contributed by atoms with E-state index >= 15 is 0 Å². The monoisotopic (exact) mass is 779 g/mol. The molecule has 0 fully saturated rings. The van der Waals surface area contributed by atoms with Gasteiger partial charge in [-0.05, 0) is 43.5 Å². The summed E-state index contributed by atoms with van der Waals surface area (Å²) in [5.74, 6) is -2.39. The smallest absolute Gasteiger partial charge is 0.305 e. The number of carboxylic acids is 1. The number of amides is 2. The fourth-order valence-electron chi connectivity index (χ4n) is 6.25. The summed E-state index contributed by atoms with van der Waals surface area (Å²) in [5.41, 5.74) is 13.9. The van der Waals surface area contributed by atoms with Gasteiger partial charge in [-0.3, -0.25) is 19.2 Å². The van der Waals surface area contributed by atoms with Gasteiger partial charge in [-0.15, -0.1) is 0 Å². The highest BCUT2D eigenvalue weighted by Gasteiger charge is 2.22. The predicted octanol–water partition coefficient (Wildman–Crippen LogP) is 5.08. The number of nitrogen functional groups attached to an aromatic ring is 2. The van der Waals surface area contributed by atoms with Crippen LogP contribution in [0.15, 0.2) is 30.5 Å². The molecule has 2 amide bonds. The molecule has 0 aliphatic heterocycles. The van der Waals surface area contributed by atoms with E-state index in [1.165, 1.54) is 64.2 Å². The Balaban J connectivity index is 1.30. The molecule has 0 spiro atoms. The highest BCUT2D eigenvalue weighted by Crippen LogP contribution is 2.19. The lowest BCUT2D eigenvalue weighted by molar-refractivity contribution is -0.144. The van der Waals surface area contributed by atoms with Crippen molar-refractivity contribution in [2.75, 3.05) is 43.2 Å². The van der Waals surface area contributed by atoms with Gasteiger partial charge in [0.25, 0.3) is 5.91 Å². The third-order valence-electron chi connectivity index (χ3n) is 9.44. The SMILES string of the molecule is CN(Cc1cnc2nc(N)nc(N)c2n1)c1ccc(C(=O)N[C@@H](CCC(=O)O)C(=O)NCCOC(=O)CCCCCCCCCCCCCCCCCO)cc1. The summed E-state index contributed by atoms with van der Waals surface area (Å²) in [6.45, 7) is 0.677. The van der Waals surface area contributed by atoms with E-state index in [4.69, 9.17) is 21.3 Å². The van der Waals surface area contributed by atoms with Crippen molar-refractivity contribution in [3.8, 4) is 0 Å². The lowest BCUT2D eigenvalue weighted by atomic mass is 10.0. The Labute approximate surface area is 329 Å². The van der Waals surface area contributed by atoms with Gasteiger partial charge in [-0.25, -0.2) is 9.97 Å². The number of esters is 1. The number of aliphatic hydroxyl groups is 1. The second kappa shape index (κ2) is 25.9. The summed E-state index contributed by atoms with van der Waals surface area (Å²) in [6.07, 6.45) is 19.0. The van der Waals surface area contributed by atoms with Crippen LogP contribution >= 0.6 is 0 Å². The average molecular weight is 780 g/mol. The lowest BCUT2D eigenvalue weighted by Gasteiger charge is -2.20. The number of carbonyl (C=O) groups is 4. The molecular formula is C40H61N9O7.